The Labute approximate surface area is 202 Å². The van der Waals surface area contributed by atoms with Crippen molar-refractivity contribution in [3.8, 4) is 11.3 Å². The number of benzene rings is 2. The quantitative estimate of drug-likeness (QED) is 0.234. The highest BCUT2D eigenvalue weighted by atomic mass is 19.2. The minimum absolute atomic E-state index is 0.101. The fourth-order valence-electron chi connectivity index (χ4n) is 4.24. The minimum atomic E-state index is -1.93. The Morgan fingerprint density at radius 3 is 2.23 bits per heavy atom. The molecular weight excluding hydrogens is 458 g/mol. The molecule has 0 radical (unpaired) electrons. The van der Waals surface area contributed by atoms with E-state index >= 15 is 0 Å². The number of carbonyl (C=O) groups is 1. The molecule has 1 aliphatic rings. The summed E-state index contributed by atoms with van der Waals surface area (Å²) >= 11 is 0. The Morgan fingerprint density at radius 2 is 1.57 bits per heavy atom. The van der Waals surface area contributed by atoms with E-state index in [0.29, 0.717) is 11.4 Å². The van der Waals surface area contributed by atoms with Gasteiger partial charge in [-0.3, -0.25) is 4.79 Å². The first-order chi connectivity index (χ1) is 16.9. The molecule has 0 spiro atoms. The number of halogens is 4. The number of nitrogens with one attached hydrogen (secondary N) is 1. The fraction of sp³-hybridized carbons (Fsp3) is 0.370. The van der Waals surface area contributed by atoms with Crippen molar-refractivity contribution in [1.82, 2.24) is 9.97 Å². The summed E-state index contributed by atoms with van der Waals surface area (Å²) in [6.45, 7) is 5.10. The highest BCUT2D eigenvalue weighted by Gasteiger charge is 2.26. The average Bonchev–Trinajstić information content (AvgIpc) is 2.91. The van der Waals surface area contributed by atoms with Gasteiger partial charge >= 0.3 is 0 Å². The number of amides is 1. The van der Waals surface area contributed by atoms with Gasteiger partial charge in [0, 0.05) is 17.0 Å². The third-order valence-electron chi connectivity index (χ3n) is 6.08. The standard InChI is InChI=1S/C25H23F4N3O.C2H6/c1-14-17(21(27)23(29)22(28)20(14)26)12-19(33)32-25-24(16-10-6-3-7-11-16)31-18(13-30-25)15-8-4-2-5-9-15;1-2/h2,4-5,8-9,13,16H,3,6-7,10-12H2,1H3,(H,30,32,33);1-2H3. The monoisotopic (exact) mass is 487 g/mol. The minimum Gasteiger partial charge on any atom is -0.309 e. The third kappa shape index (κ3) is 5.86. The van der Waals surface area contributed by atoms with Gasteiger partial charge in [-0.05, 0) is 25.3 Å². The molecule has 0 atom stereocenters. The molecule has 186 valence electrons. The van der Waals surface area contributed by atoms with E-state index < -0.39 is 46.7 Å². The molecule has 1 aliphatic carbocycles. The van der Waals surface area contributed by atoms with E-state index in [-0.39, 0.29) is 11.7 Å². The van der Waals surface area contributed by atoms with E-state index in [1.54, 1.807) is 6.20 Å². The lowest BCUT2D eigenvalue weighted by Crippen LogP contribution is -2.21. The summed E-state index contributed by atoms with van der Waals surface area (Å²) in [5, 5.41) is 2.63. The number of hydrogen-bond donors (Lipinski definition) is 1. The smallest absolute Gasteiger partial charge is 0.230 e. The summed E-state index contributed by atoms with van der Waals surface area (Å²) in [4.78, 5) is 21.9. The zero-order valence-electron chi connectivity index (χ0n) is 20.1. The topological polar surface area (TPSA) is 54.9 Å². The summed E-state index contributed by atoms with van der Waals surface area (Å²) in [6, 6.07) is 9.51. The molecule has 35 heavy (non-hydrogen) atoms. The van der Waals surface area contributed by atoms with Gasteiger partial charge in [-0.15, -0.1) is 0 Å². The first kappa shape index (κ1) is 26.3. The van der Waals surface area contributed by atoms with Crippen molar-refractivity contribution in [2.75, 3.05) is 5.32 Å². The van der Waals surface area contributed by atoms with E-state index in [4.69, 9.17) is 4.98 Å². The highest BCUT2D eigenvalue weighted by Crippen LogP contribution is 2.36. The Kier molecular flexibility index (Phi) is 8.95. The number of anilines is 1. The Bertz CT molecular complexity index is 1150. The normalized spacial score (nSPS) is 13.7. The average molecular weight is 488 g/mol. The molecule has 0 bridgehead atoms. The molecular formula is C27H29F4N3O. The molecule has 1 fully saturated rings. The zero-order valence-corrected chi connectivity index (χ0v) is 20.1. The van der Waals surface area contributed by atoms with Crippen LogP contribution in [0.25, 0.3) is 11.3 Å². The molecule has 1 heterocycles. The van der Waals surface area contributed by atoms with E-state index in [0.717, 1.165) is 44.6 Å². The molecule has 0 unspecified atom stereocenters. The second kappa shape index (κ2) is 11.9. The molecule has 1 aromatic heterocycles. The Balaban J connectivity index is 0.00000167. The van der Waals surface area contributed by atoms with Crippen LogP contribution in [0.15, 0.2) is 36.5 Å². The van der Waals surface area contributed by atoms with Crippen LogP contribution in [0.2, 0.25) is 0 Å². The summed E-state index contributed by atoms with van der Waals surface area (Å²) in [6.07, 6.45) is 5.88. The first-order valence-corrected chi connectivity index (χ1v) is 11.9. The van der Waals surface area contributed by atoms with E-state index in [9.17, 15) is 22.4 Å². The van der Waals surface area contributed by atoms with Gasteiger partial charge in [-0.1, -0.05) is 63.4 Å². The van der Waals surface area contributed by atoms with Gasteiger partial charge in [0.2, 0.25) is 5.91 Å². The molecule has 0 aliphatic heterocycles. The molecule has 3 aromatic rings. The van der Waals surface area contributed by atoms with Crippen LogP contribution in [-0.4, -0.2) is 15.9 Å². The maximum absolute atomic E-state index is 14.2. The molecule has 1 saturated carbocycles. The predicted octanol–water partition coefficient (Wildman–Crippen LogP) is 7.26. The van der Waals surface area contributed by atoms with Gasteiger partial charge in [0.15, 0.2) is 29.1 Å². The number of rotatable bonds is 5. The Hall–Kier alpha value is -3.29. The lowest BCUT2D eigenvalue weighted by Gasteiger charge is -2.23. The lowest BCUT2D eigenvalue weighted by molar-refractivity contribution is -0.115. The van der Waals surface area contributed by atoms with Gasteiger partial charge in [0.1, 0.15) is 0 Å². The van der Waals surface area contributed by atoms with Crippen molar-refractivity contribution in [2.45, 2.75) is 65.2 Å². The van der Waals surface area contributed by atoms with Crippen LogP contribution >= 0.6 is 0 Å². The summed E-state index contributed by atoms with van der Waals surface area (Å²) in [5.41, 5.74) is 1.21. The largest absolute Gasteiger partial charge is 0.309 e. The zero-order chi connectivity index (χ0) is 25.5. The number of hydrogen-bond acceptors (Lipinski definition) is 3. The van der Waals surface area contributed by atoms with Crippen molar-refractivity contribution in [3.05, 3.63) is 76.6 Å². The van der Waals surface area contributed by atoms with Gasteiger partial charge in [0.05, 0.1) is 24.0 Å². The van der Waals surface area contributed by atoms with E-state index in [1.807, 2.05) is 44.2 Å². The van der Waals surface area contributed by atoms with Crippen molar-refractivity contribution >= 4 is 11.7 Å². The maximum atomic E-state index is 14.2. The molecule has 0 saturated heterocycles. The van der Waals surface area contributed by atoms with Crippen LogP contribution in [0.3, 0.4) is 0 Å². The van der Waals surface area contributed by atoms with Crippen LogP contribution in [0.4, 0.5) is 23.4 Å². The van der Waals surface area contributed by atoms with Crippen LogP contribution in [0.5, 0.6) is 0 Å². The summed E-state index contributed by atoms with van der Waals surface area (Å²) in [7, 11) is 0. The highest BCUT2D eigenvalue weighted by molar-refractivity contribution is 5.92. The second-order valence-corrected chi connectivity index (χ2v) is 8.27. The third-order valence-corrected chi connectivity index (χ3v) is 6.08. The predicted molar refractivity (Wildman–Crippen MR) is 128 cm³/mol. The molecule has 2 aromatic carbocycles. The fourth-order valence-corrected chi connectivity index (χ4v) is 4.24. The van der Waals surface area contributed by atoms with Crippen LogP contribution < -0.4 is 5.32 Å². The SMILES string of the molecule is CC.Cc1c(F)c(F)c(F)c(F)c1CC(=O)Nc1ncc(-c2ccccc2)nc1C1CCCCC1. The van der Waals surface area contributed by atoms with E-state index in [1.165, 1.54) is 0 Å². The van der Waals surface area contributed by atoms with Crippen molar-refractivity contribution in [2.24, 2.45) is 0 Å². The molecule has 4 rings (SSSR count). The van der Waals surface area contributed by atoms with Gasteiger partial charge < -0.3 is 5.32 Å². The molecule has 1 N–H and O–H groups in total. The summed E-state index contributed by atoms with van der Waals surface area (Å²) < 4.78 is 55.2. The van der Waals surface area contributed by atoms with Gasteiger partial charge in [-0.25, -0.2) is 27.5 Å². The summed E-state index contributed by atoms with van der Waals surface area (Å²) in [5.74, 6) is -7.28. The second-order valence-electron chi connectivity index (χ2n) is 8.27. The first-order valence-electron chi connectivity index (χ1n) is 11.9. The van der Waals surface area contributed by atoms with Crippen molar-refractivity contribution < 1.29 is 22.4 Å². The lowest BCUT2D eigenvalue weighted by atomic mass is 9.86. The van der Waals surface area contributed by atoms with Crippen molar-refractivity contribution in [3.63, 3.8) is 0 Å². The molecule has 4 nitrogen and oxygen atoms in total. The van der Waals surface area contributed by atoms with Crippen LogP contribution in [-0.2, 0) is 11.2 Å². The number of nitrogens with zero attached hydrogens (tertiary/aromatic N) is 2. The molecule has 8 heteroatoms. The van der Waals surface area contributed by atoms with E-state index in [2.05, 4.69) is 10.3 Å². The maximum Gasteiger partial charge on any atom is 0.230 e. The number of carbonyl (C=O) groups excluding carboxylic acids is 1. The van der Waals surface area contributed by atoms with Gasteiger partial charge in [-0.2, -0.15) is 0 Å². The van der Waals surface area contributed by atoms with Crippen molar-refractivity contribution in [1.29, 1.82) is 0 Å². The molecule has 1 amide bonds. The van der Waals surface area contributed by atoms with Gasteiger partial charge in [0.25, 0.3) is 0 Å². The van der Waals surface area contributed by atoms with Crippen LogP contribution in [0, 0.1) is 30.2 Å². The van der Waals surface area contributed by atoms with Crippen LogP contribution in [0.1, 0.15) is 68.7 Å². The Morgan fingerprint density at radius 1 is 0.943 bits per heavy atom. The number of aromatic nitrogens is 2.